The highest BCUT2D eigenvalue weighted by Gasteiger charge is 2.28. The van der Waals surface area contributed by atoms with Crippen molar-refractivity contribution in [3.8, 4) is 5.75 Å². The second-order valence-electron chi connectivity index (χ2n) is 7.25. The van der Waals surface area contributed by atoms with Crippen LogP contribution in [0.25, 0.3) is 11.0 Å². The molecule has 28 heavy (non-hydrogen) atoms. The third-order valence-electron chi connectivity index (χ3n) is 5.57. The number of fused-ring (bicyclic) bond motifs is 1. The number of ether oxygens (including phenoxy) is 1. The first-order chi connectivity index (χ1) is 13.7. The predicted octanol–water partition coefficient (Wildman–Crippen LogP) is 4.22. The number of hydrogen-bond donors (Lipinski definition) is 0. The Bertz CT molecular complexity index is 964. The first-order valence-corrected chi connectivity index (χ1v) is 9.99. The van der Waals surface area contributed by atoms with Crippen molar-refractivity contribution in [3.05, 3.63) is 53.6 Å². The predicted molar refractivity (Wildman–Crippen MR) is 108 cm³/mol. The van der Waals surface area contributed by atoms with E-state index < -0.39 is 0 Å². The fourth-order valence-corrected chi connectivity index (χ4v) is 4.03. The maximum atomic E-state index is 13.4. The molecule has 1 aromatic heterocycles. The molecule has 1 saturated heterocycles. The summed E-state index contributed by atoms with van der Waals surface area (Å²) in [5.41, 5.74) is 3.57. The summed E-state index contributed by atoms with van der Waals surface area (Å²) in [5, 5.41) is 8.37. The zero-order chi connectivity index (χ0) is 19.5. The second-order valence-corrected chi connectivity index (χ2v) is 7.25. The monoisotopic (exact) mass is 378 g/mol. The molecule has 0 bridgehead atoms. The lowest BCUT2D eigenvalue weighted by Crippen LogP contribution is -2.34. The van der Waals surface area contributed by atoms with Crippen LogP contribution < -0.4 is 4.74 Å². The largest absolute Gasteiger partial charge is 0.497 e. The Morgan fingerprint density at radius 3 is 2.71 bits per heavy atom. The lowest BCUT2D eigenvalue weighted by atomic mass is 10.00. The zero-order valence-electron chi connectivity index (χ0n) is 16.5. The molecule has 6 nitrogen and oxygen atoms in total. The molecule has 1 aliphatic rings. The van der Waals surface area contributed by atoms with E-state index in [1.807, 2.05) is 46.8 Å². The van der Waals surface area contributed by atoms with Gasteiger partial charge in [-0.2, -0.15) is 0 Å². The molecule has 1 aliphatic heterocycles. The number of benzene rings is 2. The van der Waals surface area contributed by atoms with Crippen LogP contribution in [0.4, 0.5) is 0 Å². The van der Waals surface area contributed by atoms with Gasteiger partial charge in [0.2, 0.25) is 0 Å². The molecule has 1 atom stereocenters. The number of likely N-dealkylation sites (tertiary alicyclic amines) is 1. The lowest BCUT2D eigenvalue weighted by molar-refractivity contribution is 0.0681. The van der Waals surface area contributed by atoms with Gasteiger partial charge in [0.1, 0.15) is 11.3 Å². The minimum atomic E-state index is 0.0654. The quantitative estimate of drug-likeness (QED) is 0.682. The molecule has 6 heteroatoms. The van der Waals surface area contributed by atoms with Gasteiger partial charge in [-0.25, -0.2) is 4.68 Å². The number of aromatic nitrogens is 3. The molecule has 4 rings (SSSR count). The Morgan fingerprint density at radius 2 is 1.96 bits per heavy atom. The summed E-state index contributed by atoms with van der Waals surface area (Å²) >= 11 is 0. The van der Waals surface area contributed by atoms with Gasteiger partial charge >= 0.3 is 0 Å². The Labute approximate surface area is 165 Å². The third-order valence-corrected chi connectivity index (χ3v) is 5.57. The van der Waals surface area contributed by atoms with Crippen LogP contribution in [0.2, 0.25) is 0 Å². The highest BCUT2D eigenvalue weighted by Crippen LogP contribution is 2.32. The Balaban J connectivity index is 1.66. The standard InChI is InChI=1S/C22H26N4O2/c1-3-26-21-13-10-17(15-19(21)23-24-26)22(27)25-14-6-4-5-7-20(25)16-8-11-18(28-2)12-9-16/h8-13,15,20H,3-7,14H2,1-2H3/t20-/m0/s1. The number of amides is 1. The zero-order valence-corrected chi connectivity index (χ0v) is 16.5. The molecule has 0 unspecified atom stereocenters. The maximum absolute atomic E-state index is 13.4. The summed E-state index contributed by atoms with van der Waals surface area (Å²) in [5.74, 6) is 0.898. The van der Waals surface area contributed by atoms with E-state index in [0.717, 1.165) is 61.1 Å². The molecular formula is C22H26N4O2. The number of nitrogens with zero attached hydrogens (tertiary/aromatic N) is 4. The lowest BCUT2D eigenvalue weighted by Gasteiger charge is -2.30. The van der Waals surface area contributed by atoms with E-state index in [9.17, 15) is 4.79 Å². The third kappa shape index (κ3) is 3.46. The Kier molecular flexibility index (Phi) is 5.28. The van der Waals surface area contributed by atoms with E-state index in [0.29, 0.717) is 5.56 Å². The Hall–Kier alpha value is -2.89. The summed E-state index contributed by atoms with van der Waals surface area (Å²) in [6, 6.07) is 13.9. The first kappa shape index (κ1) is 18.5. The van der Waals surface area contributed by atoms with E-state index in [1.54, 1.807) is 7.11 Å². The van der Waals surface area contributed by atoms with Gasteiger partial charge in [-0.3, -0.25) is 4.79 Å². The number of hydrogen-bond acceptors (Lipinski definition) is 4. The summed E-state index contributed by atoms with van der Waals surface area (Å²) < 4.78 is 7.12. The van der Waals surface area contributed by atoms with Gasteiger partial charge in [-0.1, -0.05) is 30.2 Å². The molecule has 146 valence electrons. The van der Waals surface area contributed by atoms with Crippen molar-refractivity contribution in [2.45, 2.75) is 45.2 Å². The average molecular weight is 378 g/mol. The van der Waals surface area contributed by atoms with Crippen LogP contribution in [0.1, 0.15) is 54.6 Å². The molecule has 0 spiro atoms. The molecule has 0 N–H and O–H groups in total. The van der Waals surface area contributed by atoms with Crippen LogP contribution in [0.3, 0.4) is 0 Å². The fourth-order valence-electron chi connectivity index (χ4n) is 4.03. The topological polar surface area (TPSA) is 60.2 Å². The maximum Gasteiger partial charge on any atom is 0.254 e. The number of methoxy groups -OCH3 is 1. The highest BCUT2D eigenvalue weighted by atomic mass is 16.5. The number of rotatable bonds is 4. The van der Waals surface area contributed by atoms with Crippen molar-refractivity contribution in [3.63, 3.8) is 0 Å². The van der Waals surface area contributed by atoms with Crippen LogP contribution in [0.15, 0.2) is 42.5 Å². The summed E-state index contributed by atoms with van der Waals surface area (Å²) in [6.07, 6.45) is 4.30. The summed E-state index contributed by atoms with van der Waals surface area (Å²) in [6.45, 7) is 3.56. The fraction of sp³-hybridized carbons (Fsp3) is 0.409. The van der Waals surface area contributed by atoms with Crippen molar-refractivity contribution in [2.24, 2.45) is 0 Å². The number of aryl methyl sites for hydroxylation is 1. The SMILES string of the molecule is CCn1nnc2cc(C(=O)N3CCCCC[C@H]3c3ccc(OC)cc3)ccc21. The van der Waals surface area contributed by atoms with Crippen molar-refractivity contribution >= 4 is 16.9 Å². The molecule has 1 amide bonds. The van der Waals surface area contributed by atoms with Gasteiger partial charge in [-0.15, -0.1) is 5.10 Å². The number of carbonyl (C=O) groups is 1. The molecule has 2 aromatic carbocycles. The average Bonchev–Trinajstić information content (AvgIpc) is 3.00. The minimum Gasteiger partial charge on any atom is -0.497 e. The highest BCUT2D eigenvalue weighted by molar-refractivity contribution is 5.97. The van der Waals surface area contributed by atoms with Crippen LogP contribution in [0.5, 0.6) is 5.75 Å². The smallest absolute Gasteiger partial charge is 0.254 e. The van der Waals surface area contributed by atoms with Crippen LogP contribution in [-0.2, 0) is 6.54 Å². The van der Waals surface area contributed by atoms with Crippen LogP contribution >= 0.6 is 0 Å². The number of carbonyl (C=O) groups excluding carboxylic acids is 1. The second kappa shape index (κ2) is 8.00. The first-order valence-electron chi connectivity index (χ1n) is 9.99. The van der Waals surface area contributed by atoms with E-state index >= 15 is 0 Å². The van der Waals surface area contributed by atoms with Crippen molar-refractivity contribution in [2.75, 3.05) is 13.7 Å². The van der Waals surface area contributed by atoms with E-state index in [4.69, 9.17) is 4.74 Å². The molecule has 3 aromatic rings. The van der Waals surface area contributed by atoms with Gasteiger partial charge in [0, 0.05) is 18.7 Å². The van der Waals surface area contributed by atoms with E-state index in [2.05, 4.69) is 22.4 Å². The van der Waals surface area contributed by atoms with Gasteiger partial charge < -0.3 is 9.64 Å². The van der Waals surface area contributed by atoms with Crippen LogP contribution in [-0.4, -0.2) is 39.5 Å². The van der Waals surface area contributed by atoms with E-state index in [1.165, 1.54) is 0 Å². The van der Waals surface area contributed by atoms with Gasteiger partial charge in [0.25, 0.3) is 5.91 Å². The van der Waals surface area contributed by atoms with Gasteiger partial charge in [-0.05, 0) is 55.7 Å². The van der Waals surface area contributed by atoms with Gasteiger partial charge in [0.15, 0.2) is 0 Å². The molecule has 2 heterocycles. The Morgan fingerprint density at radius 1 is 1.14 bits per heavy atom. The van der Waals surface area contributed by atoms with Crippen molar-refractivity contribution in [1.82, 2.24) is 19.9 Å². The van der Waals surface area contributed by atoms with Crippen molar-refractivity contribution in [1.29, 1.82) is 0 Å². The molecule has 1 fully saturated rings. The van der Waals surface area contributed by atoms with Crippen LogP contribution in [0, 0.1) is 0 Å². The summed E-state index contributed by atoms with van der Waals surface area (Å²) in [4.78, 5) is 15.5. The van der Waals surface area contributed by atoms with E-state index in [-0.39, 0.29) is 11.9 Å². The molecule has 0 saturated carbocycles. The minimum absolute atomic E-state index is 0.0654. The van der Waals surface area contributed by atoms with Crippen molar-refractivity contribution < 1.29 is 9.53 Å². The summed E-state index contributed by atoms with van der Waals surface area (Å²) in [7, 11) is 1.67. The van der Waals surface area contributed by atoms with Gasteiger partial charge in [0.05, 0.1) is 18.7 Å². The molecule has 0 aliphatic carbocycles. The molecule has 0 radical (unpaired) electrons. The molecular weight excluding hydrogens is 352 g/mol. The normalized spacial score (nSPS) is 17.5.